The van der Waals surface area contributed by atoms with Crippen LogP contribution >= 0.6 is 0 Å². The van der Waals surface area contributed by atoms with Crippen molar-refractivity contribution in [1.82, 2.24) is 5.32 Å². The van der Waals surface area contributed by atoms with Crippen LogP contribution in [0.15, 0.2) is 30.4 Å². The van der Waals surface area contributed by atoms with Crippen LogP contribution in [-0.4, -0.2) is 5.91 Å². The summed E-state index contributed by atoms with van der Waals surface area (Å²) in [6.45, 7) is 9.19. The molecule has 0 heterocycles. The third kappa shape index (κ3) is 7.69. The van der Waals surface area contributed by atoms with Crippen LogP contribution in [0.2, 0.25) is 0 Å². The van der Waals surface area contributed by atoms with Crippen molar-refractivity contribution in [3.63, 3.8) is 0 Å². The monoisotopic (exact) mass is 287 g/mol. The number of unbranched alkanes of at least 4 members (excludes halogenated alkanes) is 2. The molecule has 0 aliphatic carbocycles. The lowest BCUT2D eigenvalue weighted by molar-refractivity contribution is -0.121. The Hall–Kier alpha value is -1.57. The van der Waals surface area contributed by atoms with Gasteiger partial charge in [0.1, 0.15) is 0 Å². The highest BCUT2D eigenvalue weighted by atomic mass is 16.1. The zero-order valence-corrected chi connectivity index (χ0v) is 13.9. The van der Waals surface area contributed by atoms with E-state index in [2.05, 4.69) is 63.4 Å². The van der Waals surface area contributed by atoms with E-state index in [0.717, 1.165) is 19.3 Å². The highest BCUT2D eigenvalue weighted by Gasteiger charge is 2.02. The molecular formula is C19H29NO. The number of rotatable bonds is 8. The fourth-order valence-electron chi connectivity index (χ4n) is 2.12. The molecule has 0 aromatic heterocycles. The van der Waals surface area contributed by atoms with Gasteiger partial charge < -0.3 is 5.32 Å². The number of nitrogens with one attached hydrogen (secondary N) is 1. The molecular weight excluding hydrogens is 258 g/mol. The van der Waals surface area contributed by atoms with Gasteiger partial charge in [-0.15, -0.1) is 0 Å². The maximum Gasteiger partial charge on any atom is 0.220 e. The van der Waals surface area contributed by atoms with E-state index in [1.165, 1.54) is 16.7 Å². The smallest absolute Gasteiger partial charge is 0.220 e. The van der Waals surface area contributed by atoms with Crippen LogP contribution in [0.5, 0.6) is 0 Å². The minimum atomic E-state index is 0.154. The molecule has 0 saturated heterocycles. The number of carbonyl (C=O) groups is 1. The number of benzene rings is 1. The Kier molecular flexibility index (Phi) is 7.81. The fraction of sp³-hybridized carbons (Fsp3) is 0.526. The van der Waals surface area contributed by atoms with Crippen LogP contribution in [0.4, 0.5) is 0 Å². The third-order valence-corrected chi connectivity index (χ3v) is 3.61. The van der Waals surface area contributed by atoms with Crippen molar-refractivity contribution in [2.24, 2.45) is 5.92 Å². The van der Waals surface area contributed by atoms with Gasteiger partial charge in [0.2, 0.25) is 5.91 Å². The molecule has 0 fully saturated rings. The van der Waals surface area contributed by atoms with Crippen LogP contribution in [0, 0.1) is 19.8 Å². The first-order valence-electron chi connectivity index (χ1n) is 7.98. The second-order valence-electron chi connectivity index (χ2n) is 6.11. The standard InChI is InChI=1S/C19H29NO/c1-15(2)9-7-5-6-8-10-19(21)20-14-18-12-11-16(3)17(4)13-18/h7,9,11-13,15H,5-6,8,10,14H2,1-4H3,(H,20,21)/b9-7+. The number of allylic oxidation sites excluding steroid dienone is 2. The molecule has 21 heavy (non-hydrogen) atoms. The number of carbonyl (C=O) groups excluding carboxylic acids is 1. The molecule has 0 saturated carbocycles. The second-order valence-corrected chi connectivity index (χ2v) is 6.11. The molecule has 0 unspecified atom stereocenters. The van der Waals surface area contributed by atoms with Crippen LogP contribution < -0.4 is 5.32 Å². The Morgan fingerprint density at radius 1 is 1.19 bits per heavy atom. The molecule has 2 nitrogen and oxygen atoms in total. The van der Waals surface area contributed by atoms with E-state index in [0.29, 0.717) is 18.9 Å². The van der Waals surface area contributed by atoms with E-state index in [1.807, 2.05) is 0 Å². The maximum absolute atomic E-state index is 11.8. The fourth-order valence-corrected chi connectivity index (χ4v) is 2.12. The van der Waals surface area contributed by atoms with Gasteiger partial charge in [0.25, 0.3) is 0 Å². The Morgan fingerprint density at radius 3 is 2.62 bits per heavy atom. The molecule has 1 rings (SSSR count). The van der Waals surface area contributed by atoms with Gasteiger partial charge in [-0.25, -0.2) is 0 Å². The number of aryl methyl sites for hydroxylation is 2. The molecule has 0 aliphatic rings. The summed E-state index contributed by atoms with van der Waals surface area (Å²) in [5, 5.41) is 3.00. The molecule has 0 spiro atoms. The van der Waals surface area contributed by atoms with Crippen molar-refractivity contribution >= 4 is 5.91 Å². The van der Waals surface area contributed by atoms with Gasteiger partial charge in [-0.2, -0.15) is 0 Å². The number of hydrogen-bond acceptors (Lipinski definition) is 1. The molecule has 0 atom stereocenters. The summed E-state index contributed by atoms with van der Waals surface area (Å²) in [6, 6.07) is 6.34. The largest absolute Gasteiger partial charge is 0.352 e. The molecule has 0 aliphatic heterocycles. The molecule has 0 radical (unpaired) electrons. The van der Waals surface area contributed by atoms with Crippen molar-refractivity contribution in [1.29, 1.82) is 0 Å². The van der Waals surface area contributed by atoms with Crippen molar-refractivity contribution in [3.05, 3.63) is 47.0 Å². The lowest BCUT2D eigenvalue weighted by atomic mass is 10.1. The normalized spacial score (nSPS) is 11.3. The van der Waals surface area contributed by atoms with E-state index in [1.54, 1.807) is 0 Å². The van der Waals surface area contributed by atoms with Gasteiger partial charge in [-0.1, -0.05) is 44.2 Å². The molecule has 1 aromatic rings. The summed E-state index contributed by atoms with van der Waals surface area (Å²) in [4.78, 5) is 11.8. The summed E-state index contributed by atoms with van der Waals surface area (Å²) >= 11 is 0. The topological polar surface area (TPSA) is 29.1 Å². The highest BCUT2D eigenvalue weighted by molar-refractivity contribution is 5.75. The van der Waals surface area contributed by atoms with Crippen LogP contribution in [0.25, 0.3) is 0 Å². The highest BCUT2D eigenvalue weighted by Crippen LogP contribution is 2.09. The first-order valence-corrected chi connectivity index (χ1v) is 7.98. The van der Waals surface area contributed by atoms with Crippen molar-refractivity contribution < 1.29 is 4.79 Å². The summed E-state index contributed by atoms with van der Waals surface area (Å²) in [7, 11) is 0. The lowest BCUT2D eigenvalue weighted by Crippen LogP contribution is -2.22. The molecule has 1 N–H and O–H groups in total. The quantitative estimate of drug-likeness (QED) is 0.545. The van der Waals surface area contributed by atoms with Crippen molar-refractivity contribution in [2.75, 3.05) is 0 Å². The average molecular weight is 287 g/mol. The Morgan fingerprint density at radius 2 is 1.95 bits per heavy atom. The minimum Gasteiger partial charge on any atom is -0.352 e. The van der Waals surface area contributed by atoms with E-state index in [4.69, 9.17) is 0 Å². The number of amides is 1. The Bertz CT molecular complexity index is 474. The third-order valence-electron chi connectivity index (χ3n) is 3.61. The number of hydrogen-bond donors (Lipinski definition) is 1. The molecule has 2 heteroatoms. The predicted octanol–water partition coefficient (Wildman–Crippen LogP) is 4.69. The summed E-state index contributed by atoms with van der Waals surface area (Å²) < 4.78 is 0. The lowest BCUT2D eigenvalue weighted by Gasteiger charge is -2.07. The van der Waals surface area contributed by atoms with Gasteiger partial charge >= 0.3 is 0 Å². The van der Waals surface area contributed by atoms with Gasteiger partial charge in [0.15, 0.2) is 0 Å². The zero-order chi connectivity index (χ0) is 15.7. The molecule has 1 aromatic carbocycles. The summed E-state index contributed by atoms with van der Waals surface area (Å²) in [5.41, 5.74) is 3.74. The first-order chi connectivity index (χ1) is 9.99. The van der Waals surface area contributed by atoms with Gasteiger partial charge in [-0.05, 0) is 55.7 Å². The van der Waals surface area contributed by atoms with Gasteiger partial charge in [0.05, 0.1) is 0 Å². The van der Waals surface area contributed by atoms with Crippen LogP contribution in [-0.2, 0) is 11.3 Å². The van der Waals surface area contributed by atoms with Crippen molar-refractivity contribution in [3.8, 4) is 0 Å². The average Bonchev–Trinajstić information content (AvgIpc) is 2.43. The van der Waals surface area contributed by atoms with E-state index in [9.17, 15) is 4.79 Å². The molecule has 0 bridgehead atoms. The predicted molar refractivity (Wildman–Crippen MR) is 90.2 cm³/mol. The minimum absolute atomic E-state index is 0.154. The Balaban J connectivity index is 2.18. The SMILES string of the molecule is Cc1ccc(CNC(=O)CCCC/C=C/C(C)C)cc1C. The van der Waals surface area contributed by atoms with Crippen molar-refractivity contribution in [2.45, 2.75) is 59.9 Å². The summed E-state index contributed by atoms with van der Waals surface area (Å²) in [5.74, 6) is 0.771. The first kappa shape index (κ1) is 17.5. The van der Waals surface area contributed by atoms with Crippen LogP contribution in [0.3, 0.4) is 0 Å². The van der Waals surface area contributed by atoms with E-state index < -0.39 is 0 Å². The zero-order valence-electron chi connectivity index (χ0n) is 13.9. The molecule has 116 valence electrons. The van der Waals surface area contributed by atoms with Gasteiger partial charge in [0, 0.05) is 13.0 Å². The summed E-state index contributed by atoms with van der Waals surface area (Å²) in [6.07, 6.45) is 8.18. The maximum atomic E-state index is 11.8. The Labute approximate surface area is 129 Å². The van der Waals surface area contributed by atoms with E-state index >= 15 is 0 Å². The van der Waals surface area contributed by atoms with E-state index in [-0.39, 0.29) is 5.91 Å². The second kappa shape index (κ2) is 9.38. The van der Waals surface area contributed by atoms with Gasteiger partial charge in [-0.3, -0.25) is 4.79 Å². The molecule has 1 amide bonds. The van der Waals surface area contributed by atoms with Crippen LogP contribution in [0.1, 0.15) is 56.2 Å².